The van der Waals surface area contributed by atoms with Crippen LogP contribution in [-0.4, -0.2) is 6.54 Å². The number of hydrogen-bond donors (Lipinski definition) is 1. The first kappa shape index (κ1) is 13.2. The fourth-order valence-corrected chi connectivity index (χ4v) is 2.97. The summed E-state index contributed by atoms with van der Waals surface area (Å²) in [7, 11) is 0. The lowest BCUT2D eigenvalue weighted by atomic mass is 10.1. The van der Waals surface area contributed by atoms with E-state index in [9.17, 15) is 0 Å². The molecule has 3 heteroatoms. The Morgan fingerprint density at radius 1 is 1.27 bits per heavy atom. The summed E-state index contributed by atoms with van der Waals surface area (Å²) in [5.74, 6) is 0. The summed E-state index contributed by atoms with van der Waals surface area (Å²) in [5.41, 5.74) is 0. The Morgan fingerprint density at radius 2 is 2.07 bits per heavy atom. The van der Waals surface area contributed by atoms with E-state index in [1.165, 1.54) is 41.5 Å². The van der Waals surface area contributed by atoms with Crippen molar-refractivity contribution in [3.8, 4) is 0 Å². The van der Waals surface area contributed by atoms with E-state index in [0.717, 1.165) is 13.1 Å². The van der Waals surface area contributed by atoms with E-state index in [1.54, 1.807) is 0 Å². The van der Waals surface area contributed by atoms with Gasteiger partial charge in [0.2, 0.25) is 0 Å². The molecule has 1 heterocycles. The van der Waals surface area contributed by atoms with Crippen LogP contribution < -0.4 is 5.32 Å². The van der Waals surface area contributed by atoms with E-state index in [0.29, 0.717) is 0 Å². The third-order valence-corrected chi connectivity index (χ3v) is 4.36. The predicted molar refractivity (Wildman–Crippen MR) is 72.5 cm³/mol. The third kappa shape index (κ3) is 5.69. The van der Waals surface area contributed by atoms with Crippen LogP contribution >= 0.6 is 27.3 Å². The standard InChI is InChI=1S/C12H20BrNS/c1-2-3-4-5-6-8-14-10-12-11(13)7-9-15-12/h7,9,14H,2-6,8,10H2,1H3. The van der Waals surface area contributed by atoms with E-state index in [-0.39, 0.29) is 0 Å². The molecule has 0 saturated carbocycles. The number of halogens is 1. The van der Waals surface area contributed by atoms with Gasteiger partial charge in [-0.2, -0.15) is 0 Å². The number of hydrogen-bond acceptors (Lipinski definition) is 2. The van der Waals surface area contributed by atoms with Crippen LogP contribution in [0, 0.1) is 0 Å². The molecule has 1 rings (SSSR count). The lowest BCUT2D eigenvalue weighted by Gasteiger charge is -2.03. The fraction of sp³-hybridized carbons (Fsp3) is 0.667. The number of rotatable bonds is 8. The molecule has 0 unspecified atom stereocenters. The molecule has 1 nitrogen and oxygen atoms in total. The monoisotopic (exact) mass is 289 g/mol. The molecule has 86 valence electrons. The minimum Gasteiger partial charge on any atom is -0.312 e. The highest BCUT2D eigenvalue weighted by atomic mass is 79.9. The van der Waals surface area contributed by atoms with Crippen molar-refractivity contribution in [2.45, 2.75) is 45.6 Å². The molecule has 1 aromatic heterocycles. The molecule has 0 bridgehead atoms. The summed E-state index contributed by atoms with van der Waals surface area (Å²) in [4.78, 5) is 1.41. The van der Waals surface area contributed by atoms with Gasteiger partial charge in [0.05, 0.1) is 0 Å². The molecule has 1 aromatic rings. The average Bonchev–Trinajstić information content (AvgIpc) is 2.63. The van der Waals surface area contributed by atoms with E-state index >= 15 is 0 Å². The van der Waals surface area contributed by atoms with Crippen LogP contribution in [0.25, 0.3) is 0 Å². The van der Waals surface area contributed by atoms with Crippen molar-refractivity contribution in [1.29, 1.82) is 0 Å². The van der Waals surface area contributed by atoms with Crippen LogP contribution in [0.2, 0.25) is 0 Å². The minimum absolute atomic E-state index is 1.01. The van der Waals surface area contributed by atoms with Gasteiger partial charge in [0.25, 0.3) is 0 Å². The van der Waals surface area contributed by atoms with Gasteiger partial charge in [0.15, 0.2) is 0 Å². The number of unbranched alkanes of at least 4 members (excludes halogenated alkanes) is 4. The molecule has 0 amide bonds. The fourth-order valence-electron chi connectivity index (χ4n) is 1.51. The van der Waals surface area contributed by atoms with Gasteiger partial charge in [-0.1, -0.05) is 32.6 Å². The van der Waals surface area contributed by atoms with E-state index in [1.807, 2.05) is 11.3 Å². The van der Waals surface area contributed by atoms with E-state index < -0.39 is 0 Å². The van der Waals surface area contributed by atoms with Crippen molar-refractivity contribution < 1.29 is 0 Å². The van der Waals surface area contributed by atoms with Gasteiger partial charge in [-0.15, -0.1) is 11.3 Å². The summed E-state index contributed by atoms with van der Waals surface area (Å²) in [5, 5.41) is 5.61. The zero-order valence-corrected chi connectivity index (χ0v) is 11.8. The summed E-state index contributed by atoms with van der Waals surface area (Å²) < 4.78 is 1.24. The van der Waals surface area contributed by atoms with Crippen LogP contribution in [0.5, 0.6) is 0 Å². The van der Waals surface area contributed by atoms with Gasteiger partial charge >= 0.3 is 0 Å². The second-order valence-electron chi connectivity index (χ2n) is 3.78. The highest BCUT2D eigenvalue weighted by Crippen LogP contribution is 2.22. The van der Waals surface area contributed by atoms with Gasteiger partial charge in [-0.05, 0) is 40.3 Å². The van der Waals surface area contributed by atoms with Crippen molar-refractivity contribution in [1.82, 2.24) is 5.32 Å². The van der Waals surface area contributed by atoms with Crippen LogP contribution in [0.15, 0.2) is 15.9 Å². The molecule has 0 radical (unpaired) electrons. The number of nitrogens with one attached hydrogen (secondary N) is 1. The Balaban J connectivity index is 1.96. The first-order chi connectivity index (χ1) is 7.34. The maximum atomic E-state index is 3.54. The largest absolute Gasteiger partial charge is 0.312 e. The van der Waals surface area contributed by atoms with Crippen molar-refractivity contribution >= 4 is 27.3 Å². The zero-order chi connectivity index (χ0) is 10.9. The molecule has 1 N–H and O–H groups in total. The van der Waals surface area contributed by atoms with Crippen molar-refractivity contribution in [2.24, 2.45) is 0 Å². The Kier molecular flexibility index (Phi) is 7.32. The molecule has 15 heavy (non-hydrogen) atoms. The molecular weight excluding hydrogens is 270 g/mol. The SMILES string of the molecule is CCCCCCCNCc1sccc1Br. The molecule has 0 aromatic carbocycles. The maximum Gasteiger partial charge on any atom is 0.0327 e. The van der Waals surface area contributed by atoms with Crippen molar-refractivity contribution in [3.05, 3.63) is 20.8 Å². The second kappa shape index (κ2) is 8.31. The molecule has 0 aliphatic heterocycles. The Morgan fingerprint density at radius 3 is 2.73 bits per heavy atom. The van der Waals surface area contributed by atoms with E-state index in [2.05, 4.69) is 39.6 Å². The van der Waals surface area contributed by atoms with E-state index in [4.69, 9.17) is 0 Å². The van der Waals surface area contributed by atoms with Crippen LogP contribution in [0.4, 0.5) is 0 Å². The first-order valence-electron chi connectivity index (χ1n) is 5.77. The van der Waals surface area contributed by atoms with Gasteiger partial charge in [-0.25, -0.2) is 0 Å². The molecular formula is C12H20BrNS. The van der Waals surface area contributed by atoms with Crippen LogP contribution in [-0.2, 0) is 6.54 Å². The quantitative estimate of drug-likeness (QED) is 0.691. The van der Waals surface area contributed by atoms with Gasteiger partial charge in [0.1, 0.15) is 0 Å². The summed E-state index contributed by atoms with van der Waals surface area (Å²) in [6.07, 6.45) is 6.78. The molecule has 0 atom stereocenters. The highest BCUT2D eigenvalue weighted by molar-refractivity contribution is 9.10. The Hall–Kier alpha value is 0.140. The Bertz CT molecular complexity index is 260. The molecule has 0 saturated heterocycles. The molecule has 0 fully saturated rings. The minimum atomic E-state index is 1.01. The van der Waals surface area contributed by atoms with Crippen molar-refractivity contribution in [3.63, 3.8) is 0 Å². The lowest BCUT2D eigenvalue weighted by Crippen LogP contribution is -2.13. The lowest BCUT2D eigenvalue weighted by molar-refractivity contribution is 0.585. The van der Waals surface area contributed by atoms with Gasteiger partial charge < -0.3 is 5.32 Å². The summed E-state index contributed by atoms with van der Waals surface area (Å²) in [6, 6.07) is 2.11. The molecule has 0 aliphatic carbocycles. The summed E-state index contributed by atoms with van der Waals surface area (Å²) in [6.45, 7) is 4.41. The number of thiophene rings is 1. The van der Waals surface area contributed by atoms with Crippen LogP contribution in [0.1, 0.15) is 43.9 Å². The molecule has 0 aliphatic rings. The predicted octanol–water partition coefficient (Wildman–Crippen LogP) is 4.57. The smallest absolute Gasteiger partial charge is 0.0327 e. The maximum absolute atomic E-state index is 3.54. The average molecular weight is 290 g/mol. The normalized spacial score (nSPS) is 10.8. The summed E-state index contributed by atoms with van der Waals surface area (Å²) >= 11 is 5.35. The highest BCUT2D eigenvalue weighted by Gasteiger charge is 1.99. The second-order valence-corrected chi connectivity index (χ2v) is 5.64. The molecule has 0 spiro atoms. The third-order valence-electron chi connectivity index (χ3n) is 2.43. The topological polar surface area (TPSA) is 12.0 Å². The Labute approximate surface area is 105 Å². The first-order valence-corrected chi connectivity index (χ1v) is 7.44. The van der Waals surface area contributed by atoms with Gasteiger partial charge in [0, 0.05) is 15.9 Å². The van der Waals surface area contributed by atoms with Gasteiger partial charge in [-0.3, -0.25) is 0 Å². The zero-order valence-electron chi connectivity index (χ0n) is 9.39. The van der Waals surface area contributed by atoms with Crippen LogP contribution in [0.3, 0.4) is 0 Å². The van der Waals surface area contributed by atoms with Crippen molar-refractivity contribution in [2.75, 3.05) is 6.54 Å².